The lowest BCUT2D eigenvalue weighted by atomic mass is 10.1. The summed E-state index contributed by atoms with van der Waals surface area (Å²) in [5.41, 5.74) is 1.65. The smallest absolute Gasteiger partial charge is 0.154 e. The molecular formula is C9H11NO2. The number of aromatic nitrogens is 1. The first-order valence-corrected chi connectivity index (χ1v) is 3.83. The summed E-state index contributed by atoms with van der Waals surface area (Å²) in [6.07, 6.45) is 3.00. The van der Waals surface area contributed by atoms with Crippen LogP contribution in [0, 0.1) is 6.92 Å². The van der Waals surface area contributed by atoms with E-state index >= 15 is 0 Å². The van der Waals surface area contributed by atoms with Crippen molar-refractivity contribution in [2.24, 2.45) is 0 Å². The summed E-state index contributed by atoms with van der Waals surface area (Å²) in [6, 6.07) is 0. The molecule has 0 fully saturated rings. The highest BCUT2D eigenvalue weighted by atomic mass is 16.3. The monoisotopic (exact) mass is 165 g/mol. The molecule has 1 heterocycles. The standard InChI is InChI=1S/C9H11NO2/c1-3-7-4-10-6(2)9(12)8(7)5-11/h4-5,12H,3H2,1-2H3. The molecule has 3 nitrogen and oxygen atoms in total. The fourth-order valence-corrected chi connectivity index (χ4v) is 1.07. The summed E-state index contributed by atoms with van der Waals surface area (Å²) >= 11 is 0. The van der Waals surface area contributed by atoms with Crippen LogP contribution in [0.5, 0.6) is 5.75 Å². The third-order valence-corrected chi connectivity index (χ3v) is 1.86. The number of hydrogen-bond acceptors (Lipinski definition) is 3. The average molecular weight is 165 g/mol. The molecule has 0 saturated heterocycles. The van der Waals surface area contributed by atoms with Crippen molar-refractivity contribution < 1.29 is 9.90 Å². The number of pyridine rings is 1. The zero-order chi connectivity index (χ0) is 9.14. The Balaban J connectivity index is 3.35. The van der Waals surface area contributed by atoms with Crippen molar-refractivity contribution in [2.75, 3.05) is 0 Å². The van der Waals surface area contributed by atoms with Crippen molar-refractivity contribution in [3.63, 3.8) is 0 Å². The first-order chi connectivity index (χ1) is 5.70. The van der Waals surface area contributed by atoms with Gasteiger partial charge in [0.25, 0.3) is 0 Å². The topological polar surface area (TPSA) is 50.2 Å². The second kappa shape index (κ2) is 3.34. The van der Waals surface area contributed by atoms with E-state index in [1.807, 2.05) is 6.92 Å². The van der Waals surface area contributed by atoms with Gasteiger partial charge in [-0.1, -0.05) is 6.92 Å². The molecule has 0 atom stereocenters. The molecule has 0 aromatic carbocycles. The molecule has 12 heavy (non-hydrogen) atoms. The van der Waals surface area contributed by atoms with Gasteiger partial charge in [0.15, 0.2) is 6.29 Å². The van der Waals surface area contributed by atoms with Crippen molar-refractivity contribution in [1.29, 1.82) is 0 Å². The van der Waals surface area contributed by atoms with Crippen LogP contribution in [0.25, 0.3) is 0 Å². The Labute approximate surface area is 71.1 Å². The first-order valence-electron chi connectivity index (χ1n) is 3.83. The second-order valence-corrected chi connectivity index (χ2v) is 2.60. The minimum absolute atomic E-state index is 0.00403. The van der Waals surface area contributed by atoms with Crippen LogP contribution >= 0.6 is 0 Å². The van der Waals surface area contributed by atoms with Gasteiger partial charge in [-0.15, -0.1) is 0 Å². The highest BCUT2D eigenvalue weighted by Crippen LogP contribution is 2.21. The number of rotatable bonds is 2. The first kappa shape index (κ1) is 8.71. The molecule has 64 valence electrons. The highest BCUT2D eigenvalue weighted by Gasteiger charge is 2.08. The zero-order valence-corrected chi connectivity index (χ0v) is 7.16. The van der Waals surface area contributed by atoms with Crippen molar-refractivity contribution >= 4 is 6.29 Å². The molecule has 1 aromatic heterocycles. The molecule has 1 aromatic rings. The largest absolute Gasteiger partial charge is 0.505 e. The molecule has 0 spiro atoms. The second-order valence-electron chi connectivity index (χ2n) is 2.60. The van der Waals surface area contributed by atoms with E-state index in [9.17, 15) is 9.90 Å². The lowest BCUT2D eigenvalue weighted by Gasteiger charge is -2.04. The Bertz CT molecular complexity index is 308. The molecular weight excluding hydrogens is 154 g/mol. The van der Waals surface area contributed by atoms with Crippen LogP contribution in [0.1, 0.15) is 28.5 Å². The molecule has 3 heteroatoms. The number of carbonyl (C=O) groups is 1. The summed E-state index contributed by atoms with van der Waals surface area (Å²) in [7, 11) is 0. The van der Waals surface area contributed by atoms with Gasteiger partial charge in [0.1, 0.15) is 5.75 Å². The molecule has 1 rings (SSSR count). The summed E-state index contributed by atoms with van der Waals surface area (Å²) < 4.78 is 0. The van der Waals surface area contributed by atoms with Crippen LogP contribution in [-0.4, -0.2) is 16.4 Å². The van der Waals surface area contributed by atoms with Crippen LogP contribution in [0.3, 0.4) is 0 Å². The van der Waals surface area contributed by atoms with E-state index in [1.165, 1.54) is 0 Å². The Morgan fingerprint density at radius 2 is 2.33 bits per heavy atom. The zero-order valence-electron chi connectivity index (χ0n) is 7.16. The number of hydrogen-bond donors (Lipinski definition) is 1. The third kappa shape index (κ3) is 1.30. The van der Waals surface area contributed by atoms with Crippen LogP contribution in [0.4, 0.5) is 0 Å². The fourth-order valence-electron chi connectivity index (χ4n) is 1.07. The maximum Gasteiger partial charge on any atom is 0.154 e. The van der Waals surface area contributed by atoms with E-state index in [4.69, 9.17) is 0 Å². The predicted octanol–water partition coefficient (Wildman–Crippen LogP) is 1.47. The molecule has 0 amide bonds. The van der Waals surface area contributed by atoms with Crippen molar-refractivity contribution in [3.8, 4) is 5.75 Å². The van der Waals surface area contributed by atoms with E-state index < -0.39 is 0 Å². The Kier molecular flexibility index (Phi) is 2.43. The normalized spacial score (nSPS) is 9.83. The highest BCUT2D eigenvalue weighted by molar-refractivity contribution is 5.81. The van der Waals surface area contributed by atoms with Crippen LogP contribution < -0.4 is 0 Å². The van der Waals surface area contributed by atoms with Crippen molar-refractivity contribution in [3.05, 3.63) is 23.0 Å². The summed E-state index contributed by atoms with van der Waals surface area (Å²) in [4.78, 5) is 14.5. The number of aryl methyl sites for hydroxylation is 2. The molecule has 0 unspecified atom stereocenters. The SMILES string of the molecule is CCc1cnc(C)c(O)c1C=O. The van der Waals surface area contributed by atoms with Gasteiger partial charge in [0.05, 0.1) is 11.3 Å². The van der Waals surface area contributed by atoms with Crippen LogP contribution in [0.15, 0.2) is 6.20 Å². The Morgan fingerprint density at radius 1 is 1.67 bits per heavy atom. The lowest BCUT2D eigenvalue weighted by molar-refractivity contribution is 0.112. The maximum absolute atomic E-state index is 10.6. The summed E-state index contributed by atoms with van der Waals surface area (Å²) in [5.74, 6) is 0.00403. The summed E-state index contributed by atoms with van der Waals surface area (Å²) in [6.45, 7) is 3.58. The van der Waals surface area contributed by atoms with Gasteiger partial charge < -0.3 is 5.11 Å². The molecule has 1 N–H and O–H groups in total. The maximum atomic E-state index is 10.6. The third-order valence-electron chi connectivity index (χ3n) is 1.86. The van der Waals surface area contributed by atoms with Gasteiger partial charge in [-0.3, -0.25) is 9.78 Å². The Morgan fingerprint density at radius 3 is 2.83 bits per heavy atom. The number of carbonyl (C=O) groups excluding carboxylic acids is 1. The number of nitrogens with zero attached hydrogens (tertiary/aromatic N) is 1. The van der Waals surface area contributed by atoms with Gasteiger partial charge in [0.2, 0.25) is 0 Å². The lowest BCUT2D eigenvalue weighted by Crippen LogP contribution is -1.95. The number of aldehydes is 1. The van der Waals surface area contributed by atoms with E-state index in [1.54, 1.807) is 13.1 Å². The molecule has 0 aliphatic carbocycles. The Hall–Kier alpha value is -1.38. The van der Waals surface area contributed by atoms with Crippen LogP contribution in [0.2, 0.25) is 0 Å². The van der Waals surface area contributed by atoms with Crippen LogP contribution in [-0.2, 0) is 6.42 Å². The van der Waals surface area contributed by atoms with E-state index in [2.05, 4.69) is 4.98 Å². The molecule has 0 bridgehead atoms. The van der Waals surface area contributed by atoms with Crippen molar-refractivity contribution in [1.82, 2.24) is 4.98 Å². The van der Waals surface area contributed by atoms with E-state index in [0.29, 0.717) is 24.0 Å². The minimum atomic E-state index is 0.00403. The van der Waals surface area contributed by atoms with Gasteiger partial charge in [0, 0.05) is 6.20 Å². The molecule has 0 saturated carbocycles. The van der Waals surface area contributed by atoms with Crippen molar-refractivity contribution in [2.45, 2.75) is 20.3 Å². The predicted molar refractivity (Wildman–Crippen MR) is 45.4 cm³/mol. The average Bonchev–Trinajstić information content (AvgIpc) is 2.09. The summed E-state index contributed by atoms with van der Waals surface area (Å²) in [5, 5.41) is 9.42. The molecule has 0 radical (unpaired) electrons. The quantitative estimate of drug-likeness (QED) is 0.675. The number of aromatic hydroxyl groups is 1. The fraction of sp³-hybridized carbons (Fsp3) is 0.333. The van der Waals surface area contributed by atoms with E-state index in [0.717, 1.165) is 5.56 Å². The molecule has 0 aliphatic rings. The van der Waals surface area contributed by atoms with E-state index in [-0.39, 0.29) is 5.75 Å². The molecule has 0 aliphatic heterocycles. The van der Waals surface area contributed by atoms with Gasteiger partial charge in [-0.25, -0.2) is 0 Å². The van der Waals surface area contributed by atoms with Gasteiger partial charge in [-0.2, -0.15) is 0 Å². The van der Waals surface area contributed by atoms with Gasteiger partial charge >= 0.3 is 0 Å². The minimum Gasteiger partial charge on any atom is -0.505 e. The van der Waals surface area contributed by atoms with Gasteiger partial charge in [-0.05, 0) is 18.9 Å².